The number of esters is 1. The van der Waals surface area contributed by atoms with Gasteiger partial charge in [-0.25, -0.2) is 4.79 Å². The van der Waals surface area contributed by atoms with Crippen LogP contribution in [0.3, 0.4) is 0 Å². The van der Waals surface area contributed by atoms with Crippen LogP contribution >= 0.6 is 12.4 Å². The van der Waals surface area contributed by atoms with Crippen LogP contribution in [0.5, 0.6) is 0 Å². The van der Waals surface area contributed by atoms with Gasteiger partial charge in [0.1, 0.15) is 6.04 Å². The molecule has 2 atom stereocenters. The monoisotopic (exact) mass is 254 g/mol. The number of ether oxygens (including phenoxy) is 1. The Morgan fingerprint density at radius 1 is 1.44 bits per heavy atom. The van der Waals surface area contributed by atoms with Crippen molar-refractivity contribution in [2.45, 2.75) is 25.4 Å². The van der Waals surface area contributed by atoms with Gasteiger partial charge in [0.25, 0.3) is 0 Å². The fourth-order valence-corrected chi connectivity index (χ4v) is 0.837. The van der Waals surface area contributed by atoms with Gasteiger partial charge in [0.15, 0.2) is 0 Å². The van der Waals surface area contributed by atoms with E-state index in [1.54, 1.807) is 0 Å². The van der Waals surface area contributed by atoms with Crippen LogP contribution in [-0.2, 0) is 19.1 Å². The lowest BCUT2D eigenvalue weighted by atomic mass is 10.2. The van der Waals surface area contributed by atoms with Crippen molar-refractivity contribution in [1.29, 1.82) is 0 Å². The third-order valence-corrected chi connectivity index (χ3v) is 1.64. The summed E-state index contributed by atoms with van der Waals surface area (Å²) < 4.78 is 4.36. The highest BCUT2D eigenvalue weighted by atomic mass is 35.5. The van der Waals surface area contributed by atoms with E-state index in [4.69, 9.17) is 10.8 Å². The van der Waals surface area contributed by atoms with E-state index >= 15 is 0 Å². The molecule has 16 heavy (non-hydrogen) atoms. The zero-order valence-electron chi connectivity index (χ0n) is 8.93. The standard InChI is InChI=1S/C8H14N2O5.ClH/c1-4(8(14)15-2)10-7(13)5(9)3-6(11)12;/h4-5H,3,9H2,1-2H3,(H,10,13)(H,11,12);1H/t4-,5+;/m0./s1. The van der Waals surface area contributed by atoms with Crippen molar-refractivity contribution in [1.82, 2.24) is 5.32 Å². The molecule has 0 radical (unpaired) electrons. The van der Waals surface area contributed by atoms with E-state index < -0.39 is 36.4 Å². The molecule has 0 aliphatic heterocycles. The molecule has 0 heterocycles. The molecule has 0 saturated carbocycles. The van der Waals surface area contributed by atoms with Crippen molar-refractivity contribution in [3.8, 4) is 0 Å². The average molecular weight is 255 g/mol. The maximum absolute atomic E-state index is 11.2. The summed E-state index contributed by atoms with van der Waals surface area (Å²) in [6.07, 6.45) is -0.486. The summed E-state index contributed by atoms with van der Waals surface area (Å²) in [6, 6.07) is -2.02. The molecule has 7 nitrogen and oxygen atoms in total. The van der Waals surface area contributed by atoms with Crippen LogP contribution < -0.4 is 11.1 Å². The minimum Gasteiger partial charge on any atom is -0.481 e. The van der Waals surface area contributed by atoms with Gasteiger partial charge in [0.05, 0.1) is 19.6 Å². The molecule has 94 valence electrons. The Labute approximate surface area is 98.7 Å². The number of hydrogen-bond donors (Lipinski definition) is 3. The number of carboxylic acids is 1. The van der Waals surface area contributed by atoms with Gasteiger partial charge in [-0.05, 0) is 6.92 Å². The zero-order valence-corrected chi connectivity index (χ0v) is 9.74. The molecule has 0 aromatic carbocycles. The maximum atomic E-state index is 11.2. The molecule has 0 aromatic heterocycles. The van der Waals surface area contributed by atoms with Gasteiger partial charge in [-0.3, -0.25) is 9.59 Å². The molecular weight excluding hydrogens is 240 g/mol. The van der Waals surface area contributed by atoms with E-state index in [9.17, 15) is 14.4 Å². The predicted octanol–water partition coefficient (Wildman–Crippen LogP) is -1.11. The number of amides is 1. The molecule has 8 heteroatoms. The third-order valence-electron chi connectivity index (χ3n) is 1.64. The second-order valence-electron chi connectivity index (χ2n) is 2.96. The Kier molecular flexibility index (Phi) is 8.41. The second kappa shape index (κ2) is 7.89. The van der Waals surface area contributed by atoms with Crippen molar-refractivity contribution < 1.29 is 24.2 Å². The summed E-state index contributed by atoms with van der Waals surface area (Å²) in [4.78, 5) is 32.3. The van der Waals surface area contributed by atoms with Crippen LogP contribution in [0.25, 0.3) is 0 Å². The average Bonchev–Trinajstić information content (AvgIpc) is 2.15. The van der Waals surface area contributed by atoms with Gasteiger partial charge in [0.2, 0.25) is 5.91 Å². The van der Waals surface area contributed by atoms with E-state index in [0.29, 0.717) is 0 Å². The Morgan fingerprint density at radius 3 is 2.31 bits per heavy atom. The van der Waals surface area contributed by atoms with E-state index in [0.717, 1.165) is 0 Å². The summed E-state index contributed by atoms with van der Waals surface area (Å²) in [6.45, 7) is 1.41. The number of aliphatic carboxylic acids is 1. The first-order valence-electron chi connectivity index (χ1n) is 4.24. The SMILES string of the molecule is COC(=O)[C@H](C)NC(=O)[C@H](N)CC(=O)O.Cl. The van der Waals surface area contributed by atoms with Crippen LogP contribution in [0.15, 0.2) is 0 Å². The number of nitrogens with one attached hydrogen (secondary N) is 1. The normalized spacial score (nSPS) is 12.9. The number of carbonyl (C=O) groups is 3. The van der Waals surface area contributed by atoms with Crippen LogP contribution in [0, 0.1) is 0 Å². The molecule has 0 saturated heterocycles. The van der Waals surface area contributed by atoms with Crippen LogP contribution in [0.4, 0.5) is 0 Å². The molecular formula is C8H15ClN2O5. The van der Waals surface area contributed by atoms with Gasteiger partial charge in [-0.1, -0.05) is 0 Å². The highest BCUT2D eigenvalue weighted by molar-refractivity contribution is 5.89. The van der Waals surface area contributed by atoms with Crippen molar-refractivity contribution in [2.75, 3.05) is 7.11 Å². The van der Waals surface area contributed by atoms with Crippen molar-refractivity contribution >= 4 is 30.3 Å². The van der Waals surface area contributed by atoms with E-state index in [-0.39, 0.29) is 12.4 Å². The highest BCUT2D eigenvalue weighted by Gasteiger charge is 2.21. The van der Waals surface area contributed by atoms with E-state index in [2.05, 4.69) is 10.1 Å². The molecule has 0 fully saturated rings. The Morgan fingerprint density at radius 2 is 1.94 bits per heavy atom. The number of carboxylic acid groups (broad SMARTS) is 1. The molecule has 0 rings (SSSR count). The summed E-state index contributed by atoms with van der Waals surface area (Å²) in [5, 5.41) is 10.6. The van der Waals surface area contributed by atoms with Crippen molar-refractivity contribution in [3.05, 3.63) is 0 Å². The lowest BCUT2D eigenvalue weighted by Gasteiger charge is -2.14. The second-order valence-corrected chi connectivity index (χ2v) is 2.96. The molecule has 0 unspecified atom stereocenters. The minimum absolute atomic E-state index is 0. The van der Waals surface area contributed by atoms with Gasteiger partial charge >= 0.3 is 11.9 Å². The largest absolute Gasteiger partial charge is 0.481 e. The Hall–Kier alpha value is -1.34. The molecule has 0 aliphatic rings. The summed E-state index contributed by atoms with van der Waals surface area (Å²) in [5.74, 6) is -2.50. The molecule has 0 spiro atoms. The fraction of sp³-hybridized carbons (Fsp3) is 0.625. The Bertz CT molecular complexity index is 271. The van der Waals surface area contributed by atoms with Crippen molar-refractivity contribution in [3.63, 3.8) is 0 Å². The highest BCUT2D eigenvalue weighted by Crippen LogP contribution is 1.92. The first kappa shape index (κ1) is 17.1. The lowest BCUT2D eigenvalue weighted by Crippen LogP contribution is -2.48. The number of rotatable bonds is 5. The molecule has 0 aromatic rings. The number of carbonyl (C=O) groups excluding carboxylic acids is 2. The van der Waals surface area contributed by atoms with Crippen LogP contribution in [0.2, 0.25) is 0 Å². The van der Waals surface area contributed by atoms with E-state index in [1.165, 1.54) is 14.0 Å². The van der Waals surface area contributed by atoms with Crippen LogP contribution in [-0.4, -0.2) is 42.1 Å². The fourth-order valence-electron chi connectivity index (χ4n) is 0.837. The van der Waals surface area contributed by atoms with Gasteiger partial charge in [-0.2, -0.15) is 0 Å². The van der Waals surface area contributed by atoms with Gasteiger partial charge < -0.3 is 20.9 Å². The van der Waals surface area contributed by atoms with Crippen LogP contribution in [0.1, 0.15) is 13.3 Å². The first-order chi connectivity index (χ1) is 6.88. The quantitative estimate of drug-likeness (QED) is 0.535. The summed E-state index contributed by atoms with van der Waals surface area (Å²) in [7, 11) is 1.18. The number of halogens is 1. The minimum atomic E-state index is -1.18. The van der Waals surface area contributed by atoms with E-state index in [1.807, 2.05) is 0 Å². The smallest absolute Gasteiger partial charge is 0.328 e. The predicted molar refractivity (Wildman–Crippen MR) is 57.1 cm³/mol. The molecule has 1 amide bonds. The number of nitrogens with two attached hydrogens (primary N) is 1. The lowest BCUT2D eigenvalue weighted by molar-refractivity contribution is -0.144. The first-order valence-corrected chi connectivity index (χ1v) is 4.24. The Balaban J connectivity index is 0. The number of hydrogen-bond acceptors (Lipinski definition) is 5. The zero-order chi connectivity index (χ0) is 12.0. The maximum Gasteiger partial charge on any atom is 0.328 e. The van der Waals surface area contributed by atoms with Gasteiger partial charge in [0, 0.05) is 0 Å². The third kappa shape index (κ3) is 6.20. The molecule has 0 aliphatic carbocycles. The molecule has 4 N–H and O–H groups in total. The topological polar surface area (TPSA) is 119 Å². The summed E-state index contributed by atoms with van der Waals surface area (Å²) >= 11 is 0. The van der Waals surface area contributed by atoms with Crippen molar-refractivity contribution in [2.24, 2.45) is 5.73 Å². The number of methoxy groups -OCH3 is 1. The molecule has 0 bridgehead atoms. The summed E-state index contributed by atoms with van der Waals surface area (Å²) in [5.41, 5.74) is 5.26. The van der Waals surface area contributed by atoms with Gasteiger partial charge in [-0.15, -0.1) is 12.4 Å².